The molecule has 1 saturated heterocycles. The summed E-state index contributed by atoms with van der Waals surface area (Å²) in [6.07, 6.45) is 3.55. The maximum Gasteiger partial charge on any atom is 0.326 e. The molecule has 1 fully saturated rings. The predicted molar refractivity (Wildman–Crippen MR) is 113 cm³/mol. The summed E-state index contributed by atoms with van der Waals surface area (Å²) in [6, 6.07) is 8.23. The largest absolute Gasteiger partial charge is 0.480 e. The van der Waals surface area contributed by atoms with Crippen molar-refractivity contribution in [1.82, 2.24) is 9.88 Å². The molecule has 1 N–H and O–H groups in total. The summed E-state index contributed by atoms with van der Waals surface area (Å²) >= 11 is 12.6. The monoisotopic (exact) mass is 420 g/mol. The molecule has 3 rings (SSSR count). The summed E-state index contributed by atoms with van der Waals surface area (Å²) in [6.45, 7) is 1.97. The van der Waals surface area contributed by atoms with Crippen molar-refractivity contribution in [2.45, 2.75) is 32.2 Å². The van der Waals surface area contributed by atoms with Crippen LogP contribution in [0.25, 0.3) is 17.0 Å². The topological polar surface area (TPSA) is 70.5 Å². The van der Waals surface area contributed by atoms with Gasteiger partial charge in [-0.25, -0.2) is 9.78 Å². The second kappa shape index (κ2) is 8.37. The van der Waals surface area contributed by atoms with E-state index in [4.69, 9.17) is 23.8 Å². The Morgan fingerprint density at radius 2 is 2.19 bits per heavy atom. The number of aliphatic carboxylic acids is 1. The molecule has 1 aromatic heterocycles. The van der Waals surface area contributed by atoms with Crippen LogP contribution in [0.4, 0.5) is 0 Å². The predicted octanol–water partition coefficient (Wildman–Crippen LogP) is 4.73. The molecule has 0 bridgehead atoms. The average Bonchev–Trinajstić information content (AvgIpc) is 2.90. The van der Waals surface area contributed by atoms with Gasteiger partial charge in [0.1, 0.15) is 10.4 Å². The first-order chi connectivity index (χ1) is 12.9. The van der Waals surface area contributed by atoms with Crippen LogP contribution in [0.15, 0.2) is 35.2 Å². The van der Waals surface area contributed by atoms with Crippen molar-refractivity contribution in [2.24, 2.45) is 0 Å². The number of carbonyl (C=O) groups is 2. The molecule has 0 saturated carbocycles. The second-order valence-corrected chi connectivity index (χ2v) is 8.18. The van der Waals surface area contributed by atoms with Gasteiger partial charge in [0.15, 0.2) is 0 Å². The number of carboxylic acids is 1. The highest BCUT2D eigenvalue weighted by atomic mass is 35.5. The molecule has 0 aliphatic carbocycles. The van der Waals surface area contributed by atoms with Gasteiger partial charge in [-0.2, -0.15) is 0 Å². The van der Waals surface area contributed by atoms with E-state index in [-0.39, 0.29) is 4.32 Å². The van der Waals surface area contributed by atoms with Gasteiger partial charge in [-0.3, -0.25) is 9.69 Å². The van der Waals surface area contributed by atoms with Gasteiger partial charge >= 0.3 is 5.97 Å². The number of thiocarbonyl (C=S) groups is 1. The van der Waals surface area contributed by atoms with E-state index in [0.29, 0.717) is 34.0 Å². The van der Waals surface area contributed by atoms with E-state index in [0.717, 1.165) is 23.6 Å². The number of halogens is 1. The van der Waals surface area contributed by atoms with Gasteiger partial charge in [-0.1, -0.05) is 73.5 Å². The zero-order valence-electron chi connectivity index (χ0n) is 14.5. The lowest BCUT2D eigenvalue weighted by atomic mass is 10.1. The number of rotatable bonds is 6. The number of aromatic nitrogens is 1. The van der Waals surface area contributed by atoms with Gasteiger partial charge in [0.25, 0.3) is 5.91 Å². The molecule has 0 radical (unpaired) electrons. The Labute approximate surface area is 171 Å². The van der Waals surface area contributed by atoms with Crippen LogP contribution in [0.3, 0.4) is 0 Å². The minimum atomic E-state index is -1.04. The SMILES string of the molecule is CCCCC(C(=O)O)N1C(=O)/C(=C/c2ccc3cccc(Cl)c3n2)SC1=S. The smallest absolute Gasteiger partial charge is 0.326 e. The van der Waals surface area contributed by atoms with E-state index < -0.39 is 17.9 Å². The molecule has 140 valence electrons. The maximum absolute atomic E-state index is 12.8. The molecule has 1 aromatic carbocycles. The van der Waals surface area contributed by atoms with Crippen LogP contribution >= 0.6 is 35.6 Å². The molecular weight excluding hydrogens is 404 g/mol. The molecule has 1 atom stereocenters. The van der Waals surface area contributed by atoms with Crippen LogP contribution in [0, 0.1) is 0 Å². The number of hydrogen-bond acceptors (Lipinski definition) is 5. The first-order valence-corrected chi connectivity index (χ1v) is 10.1. The minimum absolute atomic E-state index is 0.258. The summed E-state index contributed by atoms with van der Waals surface area (Å²) in [5.74, 6) is -1.44. The van der Waals surface area contributed by atoms with E-state index in [2.05, 4.69) is 4.98 Å². The highest BCUT2D eigenvalue weighted by molar-refractivity contribution is 8.26. The first-order valence-electron chi connectivity index (χ1n) is 8.47. The summed E-state index contributed by atoms with van der Waals surface area (Å²) in [5, 5.41) is 10.9. The van der Waals surface area contributed by atoms with Crippen LogP contribution in [0.1, 0.15) is 31.9 Å². The molecule has 2 heterocycles. The molecule has 27 heavy (non-hydrogen) atoms. The molecule has 8 heteroatoms. The molecule has 1 unspecified atom stereocenters. The number of carboxylic acid groups (broad SMARTS) is 1. The molecule has 2 aromatic rings. The molecule has 1 aliphatic rings. The van der Waals surface area contributed by atoms with Crippen molar-refractivity contribution in [2.75, 3.05) is 0 Å². The number of thioether (sulfide) groups is 1. The number of unbranched alkanes of at least 4 members (excludes halogenated alkanes) is 1. The Kier molecular flexibility index (Phi) is 6.14. The Bertz CT molecular complexity index is 961. The highest BCUT2D eigenvalue weighted by Crippen LogP contribution is 2.35. The standard InChI is InChI=1S/C19H17ClN2O3S2/c1-2-3-7-14(18(24)25)22-17(23)15(27-19(22)26)10-12-9-8-11-5-4-6-13(20)16(11)21-12/h4-6,8-10,14H,2-3,7H2,1H3,(H,24,25)/b15-10-. The fourth-order valence-corrected chi connectivity index (χ4v) is 4.42. The van der Waals surface area contributed by atoms with E-state index in [1.54, 1.807) is 18.2 Å². The fourth-order valence-electron chi connectivity index (χ4n) is 2.85. The third-order valence-electron chi connectivity index (χ3n) is 4.22. The highest BCUT2D eigenvalue weighted by Gasteiger charge is 2.40. The number of amides is 1. The normalized spacial score (nSPS) is 17.1. The van der Waals surface area contributed by atoms with Gasteiger partial charge in [0.2, 0.25) is 0 Å². The first kappa shape index (κ1) is 19.8. The lowest BCUT2D eigenvalue weighted by Crippen LogP contribution is -2.43. The number of fused-ring (bicyclic) bond motifs is 1. The zero-order chi connectivity index (χ0) is 19.6. The number of para-hydroxylation sites is 1. The lowest BCUT2D eigenvalue weighted by Gasteiger charge is -2.22. The molecule has 1 aliphatic heterocycles. The van der Waals surface area contributed by atoms with Crippen LogP contribution in [0.2, 0.25) is 5.02 Å². The number of pyridine rings is 1. The number of carbonyl (C=O) groups excluding carboxylic acids is 1. The number of nitrogens with zero attached hydrogens (tertiary/aromatic N) is 2. The van der Waals surface area contributed by atoms with Crippen molar-refractivity contribution in [1.29, 1.82) is 0 Å². The number of hydrogen-bond donors (Lipinski definition) is 1. The van der Waals surface area contributed by atoms with Crippen molar-refractivity contribution >= 4 is 68.8 Å². The van der Waals surface area contributed by atoms with Crippen molar-refractivity contribution in [3.63, 3.8) is 0 Å². The van der Waals surface area contributed by atoms with Gasteiger partial charge < -0.3 is 5.11 Å². The average molecular weight is 421 g/mol. The van der Waals surface area contributed by atoms with Gasteiger partial charge in [-0.15, -0.1) is 0 Å². The van der Waals surface area contributed by atoms with Crippen LogP contribution in [-0.2, 0) is 9.59 Å². The summed E-state index contributed by atoms with van der Waals surface area (Å²) < 4.78 is 0.258. The Balaban J connectivity index is 1.92. The molecule has 1 amide bonds. The van der Waals surface area contributed by atoms with Crippen molar-refractivity contribution in [3.05, 3.63) is 46.0 Å². The maximum atomic E-state index is 12.8. The van der Waals surface area contributed by atoms with E-state index in [1.807, 2.05) is 25.1 Å². The van der Waals surface area contributed by atoms with Gasteiger partial charge in [0.05, 0.1) is 21.1 Å². The van der Waals surface area contributed by atoms with Crippen LogP contribution in [-0.4, -0.2) is 37.2 Å². The second-order valence-electron chi connectivity index (χ2n) is 6.10. The fraction of sp³-hybridized carbons (Fsp3) is 0.263. The third kappa shape index (κ3) is 4.15. The third-order valence-corrected chi connectivity index (χ3v) is 5.86. The molecule has 5 nitrogen and oxygen atoms in total. The van der Waals surface area contributed by atoms with Crippen molar-refractivity contribution in [3.8, 4) is 0 Å². The Morgan fingerprint density at radius 3 is 2.89 bits per heavy atom. The summed E-state index contributed by atoms with van der Waals surface area (Å²) in [5.41, 5.74) is 1.21. The van der Waals surface area contributed by atoms with E-state index in [9.17, 15) is 14.7 Å². The molecule has 0 spiro atoms. The molecular formula is C19H17ClN2O3S2. The Morgan fingerprint density at radius 1 is 1.41 bits per heavy atom. The van der Waals surface area contributed by atoms with Crippen molar-refractivity contribution < 1.29 is 14.7 Å². The number of benzene rings is 1. The quantitative estimate of drug-likeness (QED) is 0.538. The van der Waals surface area contributed by atoms with E-state index >= 15 is 0 Å². The lowest BCUT2D eigenvalue weighted by molar-refractivity contribution is -0.145. The summed E-state index contributed by atoms with van der Waals surface area (Å²) in [7, 11) is 0. The minimum Gasteiger partial charge on any atom is -0.480 e. The van der Waals surface area contributed by atoms with Gasteiger partial charge in [-0.05, 0) is 24.6 Å². The summed E-state index contributed by atoms with van der Waals surface area (Å²) in [4.78, 5) is 30.5. The van der Waals surface area contributed by atoms with Crippen LogP contribution < -0.4 is 0 Å². The van der Waals surface area contributed by atoms with Crippen LogP contribution in [0.5, 0.6) is 0 Å². The zero-order valence-corrected chi connectivity index (χ0v) is 16.9. The van der Waals surface area contributed by atoms with E-state index in [1.165, 1.54) is 4.90 Å². The van der Waals surface area contributed by atoms with Gasteiger partial charge in [0, 0.05) is 5.39 Å². The Hall–Kier alpha value is -1.96.